The molecule has 0 fully saturated rings. The van der Waals surface area contributed by atoms with E-state index in [2.05, 4.69) is 11.7 Å². The van der Waals surface area contributed by atoms with Crippen LogP contribution in [-0.2, 0) is 14.3 Å². The Morgan fingerprint density at radius 1 is 0.710 bits per heavy atom. The first-order valence-corrected chi connectivity index (χ1v) is 10.3. The van der Waals surface area contributed by atoms with E-state index in [0.717, 1.165) is 19.3 Å². The van der Waals surface area contributed by atoms with Gasteiger partial charge in [0.2, 0.25) is 34.8 Å². The number of benzene rings is 1. The molecule has 0 unspecified atom stereocenters. The van der Waals surface area contributed by atoms with Crippen LogP contribution < -0.4 is 4.74 Å². The number of rotatable bonds is 14. The third-order valence-electron chi connectivity index (χ3n) is 4.40. The minimum atomic E-state index is -2.36. The van der Waals surface area contributed by atoms with Gasteiger partial charge in [0, 0.05) is 0 Å². The van der Waals surface area contributed by atoms with Gasteiger partial charge in [-0.2, -0.15) is 8.78 Å². The molecule has 0 bridgehead atoms. The fraction of sp³-hybridized carbons (Fsp3) is 0.545. The van der Waals surface area contributed by atoms with Crippen LogP contribution in [-0.4, -0.2) is 18.5 Å². The first-order chi connectivity index (χ1) is 14.8. The van der Waals surface area contributed by atoms with Gasteiger partial charge < -0.3 is 9.47 Å². The summed E-state index contributed by atoms with van der Waals surface area (Å²) in [6.45, 7) is 2.17. The quantitative estimate of drug-likeness (QED) is 0.0634. The molecule has 1 aromatic rings. The monoisotopic (exact) mass is 450 g/mol. The lowest BCUT2D eigenvalue weighted by Crippen LogP contribution is -2.15. The number of allylic oxidation sites excluding steroid dienone is 1. The van der Waals surface area contributed by atoms with Gasteiger partial charge in [0.15, 0.2) is 0 Å². The van der Waals surface area contributed by atoms with E-state index < -0.39 is 59.6 Å². The van der Waals surface area contributed by atoms with Crippen molar-refractivity contribution in [3.8, 4) is 5.75 Å². The lowest BCUT2D eigenvalue weighted by atomic mass is 10.1. The number of halogens is 5. The first kappa shape index (κ1) is 26.6. The fourth-order valence-corrected chi connectivity index (χ4v) is 2.66. The molecule has 0 saturated heterocycles. The van der Waals surface area contributed by atoms with Gasteiger partial charge in [-0.15, -0.1) is 0 Å². The maximum Gasteiger partial charge on any atom is 0.311 e. The van der Waals surface area contributed by atoms with Crippen LogP contribution >= 0.6 is 0 Å². The minimum Gasteiger partial charge on any atom is -0.461 e. The van der Waals surface area contributed by atoms with E-state index in [1.165, 1.54) is 32.1 Å². The molecule has 0 aliphatic rings. The van der Waals surface area contributed by atoms with Crippen LogP contribution in [0.15, 0.2) is 12.2 Å². The molecule has 0 saturated carbocycles. The Morgan fingerprint density at radius 3 is 1.84 bits per heavy atom. The summed E-state index contributed by atoms with van der Waals surface area (Å²) in [5.74, 6) is -15.2. The molecule has 9 heteroatoms. The fourth-order valence-electron chi connectivity index (χ4n) is 2.66. The Morgan fingerprint density at radius 2 is 1.23 bits per heavy atom. The average molecular weight is 450 g/mol. The summed E-state index contributed by atoms with van der Waals surface area (Å²) in [6.07, 6.45) is 11.6. The van der Waals surface area contributed by atoms with Crippen molar-refractivity contribution in [2.75, 3.05) is 6.61 Å². The summed E-state index contributed by atoms with van der Waals surface area (Å²) in [5.41, 5.74) is 0. The standard InChI is InChI=1S/C22H27F5O4/c1-2-3-4-5-6-7-8-9-10-11-14-30-15(28)12-13-16(29)31-22-20(26)18(24)17(23)19(25)21(22)27/h10-11H,2-9,12-14H2,1H3/b11-10+. The van der Waals surface area contributed by atoms with Crippen LogP contribution in [0.4, 0.5) is 22.0 Å². The van der Waals surface area contributed by atoms with E-state index in [-0.39, 0.29) is 6.61 Å². The minimum absolute atomic E-state index is 0.00201. The molecule has 0 spiro atoms. The van der Waals surface area contributed by atoms with Gasteiger partial charge in [-0.25, -0.2) is 13.2 Å². The predicted molar refractivity (Wildman–Crippen MR) is 104 cm³/mol. The van der Waals surface area contributed by atoms with Gasteiger partial charge >= 0.3 is 11.9 Å². The van der Waals surface area contributed by atoms with Crippen LogP contribution in [0.2, 0.25) is 0 Å². The molecule has 0 N–H and O–H groups in total. The van der Waals surface area contributed by atoms with Gasteiger partial charge in [-0.05, 0) is 12.8 Å². The highest BCUT2D eigenvalue weighted by atomic mass is 19.2. The number of carbonyl (C=O) groups is 2. The van der Waals surface area contributed by atoms with E-state index in [9.17, 15) is 31.5 Å². The Hall–Kier alpha value is -2.45. The second kappa shape index (κ2) is 14.5. The smallest absolute Gasteiger partial charge is 0.311 e. The molecule has 0 heterocycles. The summed E-state index contributed by atoms with van der Waals surface area (Å²) < 4.78 is 75.0. The van der Waals surface area contributed by atoms with Gasteiger partial charge in [0.1, 0.15) is 6.61 Å². The van der Waals surface area contributed by atoms with Crippen molar-refractivity contribution in [1.82, 2.24) is 0 Å². The van der Waals surface area contributed by atoms with Gasteiger partial charge in [0.05, 0.1) is 12.8 Å². The average Bonchev–Trinajstić information content (AvgIpc) is 2.76. The number of carbonyl (C=O) groups excluding carboxylic acids is 2. The third kappa shape index (κ3) is 9.48. The van der Waals surface area contributed by atoms with E-state index in [1.54, 1.807) is 6.08 Å². The molecule has 4 nitrogen and oxygen atoms in total. The largest absolute Gasteiger partial charge is 0.461 e. The van der Waals surface area contributed by atoms with Crippen molar-refractivity contribution in [1.29, 1.82) is 0 Å². The van der Waals surface area contributed by atoms with Crippen molar-refractivity contribution >= 4 is 11.9 Å². The Labute approximate surface area is 178 Å². The number of unbranched alkanes of at least 4 members (excludes halogenated alkanes) is 7. The zero-order valence-corrected chi connectivity index (χ0v) is 17.5. The number of ether oxygens (including phenoxy) is 2. The lowest BCUT2D eigenvalue weighted by molar-refractivity contribution is -0.146. The molecular formula is C22H27F5O4. The molecule has 0 amide bonds. The molecule has 0 aliphatic carbocycles. The molecule has 0 atom stereocenters. The highest BCUT2D eigenvalue weighted by Gasteiger charge is 2.28. The van der Waals surface area contributed by atoms with Crippen molar-refractivity contribution in [3.63, 3.8) is 0 Å². The summed E-state index contributed by atoms with van der Waals surface area (Å²) in [7, 11) is 0. The molecule has 174 valence electrons. The van der Waals surface area contributed by atoms with Gasteiger partial charge in [0.25, 0.3) is 0 Å². The molecule has 0 aromatic heterocycles. The number of esters is 2. The van der Waals surface area contributed by atoms with Crippen molar-refractivity contribution in [2.24, 2.45) is 0 Å². The normalized spacial score (nSPS) is 11.2. The molecular weight excluding hydrogens is 423 g/mol. The Balaban J connectivity index is 2.25. The highest BCUT2D eigenvalue weighted by molar-refractivity contribution is 5.79. The van der Waals surface area contributed by atoms with E-state index >= 15 is 0 Å². The van der Waals surface area contributed by atoms with Crippen LogP contribution in [0.3, 0.4) is 0 Å². The molecule has 1 rings (SSSR count). The zero-order valence-electron chi connectivity index (χ0n) is 17.5. The summed E-state index contributed by atoms with van der Waals surface area (Å²) >= 11 is 0. The molecule has 0 radical (unpaired) electrons. The van der Waals surface area contributed by atoms with Crippen LogP contribution in [0.25, 0.3) is 0 Å². The third-order valence-corrected chi connectivity index (χ3v) is 4.40. The maximum atomic E-state index is 13.5. The van der Waals surface area contributed by atoms with Crippen LogP contribution in [0, 0.1) is 29.1 Å². The van der Waals surface area contributed by atoms with Crippen molar-refractivity contribution in [3.05, 3.63) is 41.2 Å². The molecule has 0 aliphatic heterocycles. The van der Waals surface area contributed by atoms with Gasteiger partial charge in [-0.3, -0.25) is 9.59 Å². The predicted octanol–water partition coefficient (Wildman–Crippen LogP) is 6.31. The number of hydrogen-bond acceptors (Lipinski definition) is 4. The maximum absolute atomic E-state index is 13.5. The second-order valence-corrected chi connectivity index (χ2v) is 6.94. The summed E-state index contributed by atoms with van der Waals surface area (Å²) in [4.78, 5) is 23.1. The van der Waals surface area contributed by atoms with E-state index in [0.29, 0.717) is 0 Å². The summed E-state index contributed by atoms with van der Waals surface area (Å²) in [6, 6.07) is 0. The SMILES string of the molecule is CCCCCCCCC/C=C/COC(=O)CCC(=O)Oc1c(F)c(F)c(F)c(F)c1F. The second-order valence-electron chi connectivity index (χ2n) is 6.94. The lowest BCUT2D eigenvalue weighted by Gasteiger charge is -2.08. The Kier molecular flexibility index (Phi) is 12.5. The number of hydrogen-bond donors (Lipinski definition) is 0. The van der Waals surface area contributed by atoms with Crippen LogP contribution in [0.1, 0.15) is 71.1 Å². The van der Waals surface area contributed by atoms with E-state index in [4.69, 9.17) is 4.74 Å². The van der Waals surface area contributed by atoms with Gasteiger partial charge in [-0.1, -0.05) is 57.6 Å². The molecule has 1 aromatic carbocycles. The first-order valence-electron chi connectivity index (χ1n) is 10.3. The topological polar surface area (TPSA) is 52.6 Å². The van der Waals surface area contributed by atoms with E-state index in [1.807, 2.05) is 6.08 Å². The van der Waals surface area contributed by atoms with Crippen molar-refractivity contribution < 1.29 is 41.0 Å². The highest BCUT2D eigenvalue weighted by Crippen LogP contribution is 2.29. The van der Waals surface area contributed by atoms with Crippen LogP contribution in [0.5, 0.6) is 5.75 Å². The Bertz CT molecular complexity index is 736. The molecule has 31 heavy (non-hydrogen) atoms. The van der Waals surface area contributed by atoms with Crippen molar-refractivity contribution in [2.45, 2.75) is 71.1 Å². The summed E-state index contributed by atoms with van der Waals surface area (Å²) in [5, 5.41) is 0. The zero-order chi connectivity index (χ0) is 23.2.